The van der Waals surface area contributed by atoms with Crippen LogP contribution in [0.5, 0.6) is 5.75 Å². The second kappa shape index (κ2) is 6.96. The highest BCUT2D eigenvalue weighted by atomic mass is 79.9. The van der Waals surface area contributed by atoms with Gasteiger partial charge in [-0.1, -0.05) is 35.2 Å². The van der Waals surface area contributed by atoms with Crippen LogP contribution in [-0.2, 0) is 6.54 Å². The van der Waals surface area contributed by atoms with Gasteiger partial charge in [-0.15, -0.1) is 11.6 Å². The van der Waals surface area contributed by atoms with E-state index in [2.05, 4.69) is 27.3 Å². The molecule has 0 amide bonds. The molecule has 0 unspecified atom stereocenters. The molecule has 0 atom stereocenters. The molecule has 1 aromatic carbocycles. The van der Waals surface area contributed by atoms with Crippen LogP contribution in [0.25, 0.3) is 0 Å². The number of halogens is 2. The van der Waals surface area contributed by atoms with Crippen molar-refractivity contribution in [3.8, 4) is 5.75 Å². The molecule has 0 bridgehead atoms. The van der Waals surface area contributed by atoms with Gasteiger partial charge in [0.15, 0.2) is 0 Å². The van der Waals surface area contributed by atoms with Crippen LogP contribution >= 0.6 is 27.5 Å². The second-order valence-corrected chi connectivity index (χ2v) is 6.41. The Hall–Kier alpha value is -0.250. The molecule has 2 rings (SSSR count). The zero-order chi connectivity index (χ0) is 13.7. The van der Waals surface area contributed by atoms with Crippen LogP contribution in [0.2, 0.25) is 0 Å². The summed E-state index contributed by atoms with van der Waals surface area (Å²) in [5.41, 5.74) is 1.33. The van der Waals surface area contributed by atoms with Crippen LogP contribution in [-0.4, -0.2) is 18.5 Å². The van der Waals surface area contributed by atoms with Crippen LogP contribution in [0.1, 0.15) is 37.7 Å². The molecule has 0 aliphatic heterocycles. The van der Waals surface area contributed by atoms with Crippen molar-refractivity contribution in [2.45, 2.75) is 44.2 Å². The summed E-state index contributed by atoms with van der Waals surface area (Å²) in [4.78, 5) is 0. The Morgan fingerprint density at radius 3 is 2.68 bits per heavy atom. The largest absolute Gasteiger partial charge is 0.497 e. The van der Waals surface area contributed by atoms with Crippen molar-refractivity contribution in [2.24, 2.45) is 0 Å². The zero-order valence-corrected chi connectivity index (χ0v) is 13.7. The van der Waals surface area contributed by atoms with Gasteiger partial charge in [-0.25, -0.2) is 0 Å². The number of methoxy groups -OCH3 is 1. The third-order valence-electron chi connectivity index (χ3n) is 3.97. The molecule has 1 fully saturated rings. The van der Waals surface area contributed by atoms with Gasteiger partial charge in [-0.05, 0) is 36.6 Å². The normalized spacial score (nSPS) is 18.3. The van der Waals surface area contributed by atoms with Crippen LogP contribution in [0.4, 0.5) is 0 Å². The van der Waals surface area contributed by atoms with E-state index in [-0.39, 0.29) is 5.54 Å². The van der Waals surface area contributed by atoms with E-state index in [4.69, 9.17) is 16.3 Å². The molecule has 1 aliphatic carbocycles. The summed E-state index contributed by atoms with van der Waals surface area (Å²) in [5.74, 6) is 1.58. The van der Waals surface area contributed by atoms with Gasteiger partial charge in [0, 0.05) is 22.4 Å². The predicted molar refractivity (Wildman–Crippen MR) is 84.1 cm³/mol. The Bertz CT molecular complexity index is 419. The maximum atomic E-state index is 6.20. The lowest BCUT2D eigenvalue weighted by molar-refractivity contribution is 0.256. The first kappa shape index (κ1) is 15.1. The summed E-state index contributed by atoms with van der Waals surface area (Å²) >= 11 is 9.80. The minimum absolute atomic E-state index is 0.113. The summed E-state index contributed by atoms with van der Waals surface area (Å²) in [7, 11) is 1.70. The van der Waals surface area contributed by atoms with E-state index < -0.39 is 0 Å². The minimum atomic E-state index is 0.113. The molecule has 0 aromatic heterocycles. The maximum absolute atomic E-state index is 6.20. The first-order chi connectivity index (χ1) is 9.19. The van der Waals surface area contributed by atoms with Gasteiger partial charge in [0.25, 0.3) is 0 Å². The van der Waals surface area contributed by atoms with E-state index >= 15 is 0 Å². The highest BCUT2D eigenvalue weighted by Crippen LogP contribution is 2.30. The fourth-order valence-electron chi connectivity index (χ4n) is 2.68. The number of ether oxygens (including phenoxy) is 1. The van der Waals surface area contributed by atoms with Gasteiger partial charge in [0.1, 0.15) is 5.75 Å². The van der Waals surface area contributed by atoms with Gasteiger partial charge in [-0.2, -0.15) is 0 Å². The van der Waals surface area contributed by atoms with Crippen molar-refractivity contribution in [1.29, 1.82) is 0 Å². The van der Waals surface area contributed by atoms with E-state index in [9.17, 15) is 0 Å². The van der Waals surface area contributed by atoms with Crippen molar-refractivity contribution >= 4 is 27.5 Å². The fraction of sp³-hybridized carbons (Fsp3) is 0.600. The molecule has 19 heavy (non-hydrogen) atoms. The summed E-state index contributed by atoms with van der Waals surface area (Å²) in [6, 6.07) is 6.07. The standard InChI is InChI=1S/C15H21BrClNO/c1-19-13-5-6-14(16)12(9-13)10-18-15(11-17)7-3-2-4-8-15/h5-6,9,18H,2-4,7-8,10-11H2,1H3. The van der Waals surface area contributed by atoms with Gasteiger partial charge in [-0.3, -0.25) is 0 Å². The number of nitrogens with one attached hydrogen (secondary N) is 1. The summed E-state index contributed by atoms with van der Waals surface area (Å²) in [6.07, 6.45) is 6.25. The fourth-order valence-corrected chi connectivity index (χ4v) is 3.43. The lowest BCUT2D eigenvalue weighted by atomic mass is 9.83. The lowest BCUT2D eigenvalue weighted by Crippen LogP contribution is -2.48. The molecule has 0 radical (unpaired) electrons. The molecule has 106 valence electrons. The Kier molecular flexibility index (Phi) is 5.55. The average molecular weight is 347 g/mol. The molecule has 0 spiro atoms. The smallest absolute Gasteiger partial charge is 0.119 e. The first-order valence-corrected chi connectivity index (χ1v) is 8.15. The third-order valence-corrected chi connectivity index (χ3v) is 5.26. The number of hydrogen-bond acceptors (Lipinski definition) is 2. The second-order valence-electron chi connectivity index (χ2n) is 5.29. The summed E-state index contributed by atoms with van der Waals surface area (Å²) in [6.45, 7) is 0.824. The Morgan fingerprint density at radius 2 is 2.05 bits per heavy atom. The molecular formula is C15H21BrClNO. The minimum Gasteiger partial charge on any atom is -0.497 e. The van der Waals surface area contributed by atoms with Crippen LogP contribution in [0.15, 0.2) is 22.7 Å². The van der Waals surface area contributed by atoms with E-state index in [1.807, 2.05) is 12.1 Å². The molecule has 1 aromatic rings. The molecule has 2 nitrogen and oxygen atoms in total. The maximum Gasteiger partial charge on any atom is 0.119 e. The number of alkyl halides is 1. The summed E-state index contributed by atoms with van der Waals surface area (Å²) < 4.78 is 6.39. The van der Waals surface area contributed by atoms with E-state index in [1.54, 1.807) is 7.11 Å². The van der Waals surface area contributed by atoms with Crippen LogP contribution in [0.3, 0.4) is 0 Å². The molecule has 1 aliphatic rings. The molecule has 0 saturated heterocycles. The average Bonchev–Trinajstić information content (AvgIpc) is 2.47. The van der Waals surface area contributed by atoms with Crippen molar-refractivity contribution in [3.63, 3.8) is 0 Å². The van der Waals surface area contributed by atoms with E-state index in [1.165, 1.54) is 37.7 Å². The van der Waals surface area contributed by atoms with Crippen LogP contribution in [0, 0.1) is 0 Å². The molecule has 4 heteroatoms. The van der Waals surface area contributed by atoms with Gasteiger partial charge < -0.3 is 10.1 Å². The highest BCUT2D eigenvalue weighted by molar-refractivity contribution is 9.10. The number of rotatable bonds is 5. The molecule has 1 saturated carbocycles. The lowest BCUT2D eigenvalue weighted by Gasteiger charge is -2.37. The van der Waals surface area contributed by atoms with Gasteiger partial charge in [0.05, 0.1) is 7.11 Å². The topological polar surface area (TPSA) is 21.3 Å². The number of benzene rings is 1. The zero-order valence-electron chi connectivity index (χ0n) is 11.3. The van der Waals surface area contributed by atoms with Crippen molar-refractivity contribution in [1.82, 2.24) is 5.32 Å². The highest BCUT2D eigenvalue weighted by Gasteiger charge is 2.30. The molecular weight excluding hydrogens is 326 g/mol. The van der Waals surface area contributed by atoms with Crippen molar-refractivity contribution in [2.75, 3.05) is 13.0 Å². The van der Waals surface area contributed by atoms with Crippen molar-refractivity contribution in [3.05, 3.63) is 28.2 Å². The summed E-state index contributed by atoms with van der Waals surface area (Å²) in [5, 5.41) is 3.68. The van der Waals surface area contributed by atoms with Crippen LogP contribution < -0.4 is 10.1 Å². The number of hydrogen-bond donors (Lipinski definition) is 1. The van der Waals surface area contributed by atoms with Gasteiger partial charge in [0.2, 0.25) is 0 Å². The third kappa shape index (κ3) is 3.87. The van der Waals surface area contributed by atoms with Crippen molar-refractivity contribution < 1.29 is 4.74 Å². The SMILES string of the molecule is COc1ccc(Br)c(CNC2(CCl)CCCCC2)c1. The Balaban J connectivity index is 2.04. The Morgan fingerprint density at radius 1 is 1.32 bits per heavy atom. The quantitative estimate of drug-likeness (QED) is 0.793. The van der Waals surface area contributed by atoms with E-state index in [0.717, 1.165) is 16.8 Å². The van der Waals surface area contributed by atoms with E-state index in [0.29, 0.717) is 5.88 Å². The molecule has 1 N–H and O–H groups in total. The monoisotopic (exact) mass is 345 g/mol. The van der Waals surface area contributed by atoms with Gasteiger partial charge >= 0.3 is 0 Å². The first-order valence-electron chi connectivity index (χ1n) is 6.82. The predicted octanol–water partition coefficient (Wildman–Crippen LogP) is 4.49. The Labute approximate surface area is 129 Å². The molecule has 0 heterocycles.